The second-order valence-electron chi connectivity index (χ2n) is 7.06. The molecule has 0 aromatic heterocycles. The molecule has 4 rings (SSSR count). The van der Waals surface area contributed by atoms with E-state index in [0.717, 1.165) is 0 Å². The van der Waals surface area contributed by atoms with Gasteiger partial charge in [0.1, 0.15) is 0 Å². The lowest BCUT2D eigenvalue weighted by Gasteiger charge is -2.10. The van der Waals surface area contributed by atoms with Crippen LogP contribution in [0.25, 0.3) is 11.6 Å². The lowest BCUT2D eigenvalue weighted by atomic mass is 9.94. The van der Waals surface area contributed by atoms with Crippen LogP contribution in [-0.4, -0.2) is 0 Å². The van der Waals surface area contributed by atoms with Crippen molar-refractivity contribution in [2.75, 3.05) is 0 Å². The minimum absolute atomic E-state index is 0.706. The summed E-state index contributed by atoms with van der Waals surface area (Å²) in [6.07, 6.45) is 12.9. The van der Waals surface area contributed by atoms with Gasteiger partial charge in [0.25, 0.3) is 0 Å². The molecule has 2 aromatic carbocycles. The SMILES string of the molecule is CC1CC1=C(C(C=Cc1ccccc1)=CC=C1CC1)c1ccccc1. The average Bonchev–Trinajstić information content (AvgIpc) is 3.58. The first-order valence-electron chi connectivity index (χ1n) is 9.23. The zero-order valence-corrected chi connectivity index (χ0v) is 14.8. The molecule has 1 atom stereocenters. The highest BCUT2D eigenvalue weighted by atomic mass is 14.3. The van der Waals surface area contributed by atoms with Crippen molar-refractivity contribution in [3.63, 3.8) is 0 Å². The van der Waals surface area contributed by atoms with Gasteiger partial charge in [-0.3, -0.25) is 0 Å². The van der Waals surface area contributed by atoms with Gasteiger partial charge < -0.3 is 0 Å². The third-order valence-electron chi connectivity index (χ3n) is 4.93. The molecular formula is C25H24. The molecular weight excluding hydrogens is 300 g/mol. The van der Waals surface area contributed by atoms with Crippen LogP contribution in [0.5, 0.6) is 0 Å². The van der Waals surface area contributed by atoms with Gasteiger partial charge in [-0.05, 0) is 47.5 Å². The number of hydrogen-bond acceptors (Lipinski definition) is 0. The summed E-state index contributed by atoms with van der Waals surface area (Å²) in [4.78, 5) is 0. The molecule has 2 aromatic rings. The van der Waals surface area contributed by atoms with E-state index in [1.165, 1.54) is 41.5 Å². The van der Waals surface area contributed by atoms with Crippen molar-refractivity contribution < 1.29 is 0 Å². The fraction of sp³-hybridized carbons (Fsp3) is 0.200. The normalized spacial score (nSPS) is 21.4. The van der Waals surface area contributed by atoms with Crippen LogP contribution in [0.2, 0.25) is 0 Å². The molecule has 0 radical (unpaired) electrons. The van der Waals surface area contributed by atoms with Gasteiger partial charge in [0.2, 0.25) is 0 Å². The molecule has 0 spiro atoms. The Morgan fingerprint density at radius 2 is 1.56 bits per heavy atom. The summed E-state index contributed by atoms with van der Waals surface area (Å²) in [5.41, 5.74) is 8.48. The van der Waals surface area contributed by atoms with E-state index in [9.17, 15) is 0 Å². The largest absolute Gasteiger partial charge is 0.0696 e. The van der Waals surface area contributed by atoms with Gasteiger partial charge in [-0.15, -0.1) is 0 Å². The first kappa shape index (κ1) is 15.9. The van der Waals surface area contributed by atoms with Gasteiger partial charge >= 0.3 is 0 Å². The van der Waals surface area contributed by atoms with Crippen molar-refractivity contribution in [2.24, 2.45) is 5.92 Å². The van der Waals surface area contributed by atoms with E-state index in [2.05, 4.69) is 91.9 Å². The molecule has 2 aliphatic rings. The van der Waals surface area contributed by atoms with Crippen molar-refractivity contribution in [3.05, 3.63) is 107 Å². The number of rotatable bonds is 5. The quantitative estimate of drug-likeness (QED) is 0.528. The Bertz CT molecular complexity index is 855. The molecule has 2 saturated carbocycles. The Kier molecular flexibility index (Phi) is 4.52. The van der Waals surface area contributed by atoms with Crippen LogP contribution in [-0.2, 0) is 0 Å². The Morgan fingerprint density at radius 1 is 0.920 bits per heavy atom. The van der Waals surface area contributed by atoms with Gasteiger partial charge in [0.05, 0.1) is 0 Å². The van der Waals surface area contributed by atoms with E-state index in [1.54, 1.807) is 11.1 Å². The van der Waals surface area contributed by atoms with Crippen LogP contribution in [0.3, 0.4) is 0 Å². The lowest BCUT2D eigenvalue weighted by Crippen LogP contribution is -1.89. The maximum Gasteiger partial charge on any atom is -0.0116 e. The van der Waals surface area contributed by atoms with Crippen LogP contribution < -0.4 is 0 Å². The van der Waals surface area contributed by atoms with Crippen molar-refractivity contribution in [1.82, 2.24) is 0 Å². The van der Waals surface area contributed by atoms with Crippen LogP contribution in [0, 0.1) is 5.92 Å². The summed E-state index contributed by atoms with van der Waals surface area (Å²) < 4.78 is 0. The molecule has 0 amide bonds. The monoisotopic (exact) mass is 324 g/mol. The minimum atomic E-state index is 0.706. The maximum absolute atomic E-state index is 2.33. The molecule has 0 heterocycles. The standard InChI is InChI=1S/C25H24/c1-19-18-24(19)25(22-10-6-3-7-11-22)23(17-15-21-12-13-21)16-14-20-8-4-2-5-9-20/h2-11,14-17,19H,12-13,18H2,1H3. The molecule has 124 valence electrons. The molecule has 0 saturated heterocycles. The summed E-state index contributed by atoms with van der Waals surface area (Å²) in [5, 5.41) is 0. The summed E-state index contributed by atoms with van der Waals surface area (Å²) in [6, 6.07) is 21.4. The fourth-order valence-electron chi connectivity index (χ4n) is 3.18. The predicted molar refractivity (Wildman–Crippen MR) is 108 cm³/mol. The Labute approximate surface area is 150 Å². The van der Waals surface area contributed by atoms with Gasteiger partial charge in [0, 0.05) is 0 Å². The van der Waals surface area contributed by atoms with E-state index in [4.69, 9.17) is 0 Å². The average molecular weight is 324 g/mol. The number of benzene rings is 2. The van der Waals surface area contributed by atoms with Crippen molar-refractivity contribution in [2.45, 2.75) is 26.2 Å². The summed E-state index contributed by atoms with van der Waals surface area (Å²) >= 11 is 0. The van der Waals surface area contributed by atoms with Crippen LogP contribution in [0.4, 0.5) is 0 Å². The summed E-state index contributed by atoms with van der Waals surface area (Å²) in [7, 11) is 0. The second kappa shape index (κ2) is 7.11. The molecule has 0 nitrogen and oxygen atoms in total. The van der Waals surface area contributed by atoms with E-state index in [1.807, 2.05) is 0 Å². The molecule has 0 bridgehead atoms. The van der Waals surface area contributed by atoms with Gasteiger partial charge in [-0.2, -0.15) is 0 Å². The van der Waals surface area contributed by atoms with Crippen LogP contribution in [0.15, 0.2) is 95.6 Å². The summed E-state index contributed by atoms with van der Waals surface area (Å²) in [5.74, 6) is 0.706. The minimum Gasteiger partial charge on any atom is -0.0696 e. The number of hydrogen-bond donors (Lipinski definition) is 0. The fourth-order valence-corrected chi connectivity index (χ4v) is 3.18. The molecule has 25 heavy (non-hydrogen) atoms. The first-order chi connectivity index (χ1) is 12.3. The van der Waals surface area contributed by atoms with Gasteiger partial charge in [0.15, 0.2) is 0 Å². The maximum atomic E-state index is 2.33. The van der Waals surface area contributed by atoms with Gasteiger partial charge in [-0.25, -0.2) is 0 Å². The Hall–Kier alpha value is -2.60. The van der Waals surface area contributed by atoms with Crippen molar-refractivity contribution in [3.8, 4) is 0 Å². The lowest BCUT2D eigenvalue weighted by molar-refractivity contribution is 1.02. The van der Waals surface area contributed by atoms with E-state index < -0.39 is 0 Å². The third kappa shape index (κ3) is 4.09. The zero-order valence-electron chi connectivity index (χ0n) is 14.8. The first-order valence-corrected chi connectivity index (χ1v) is 9.23. The molecule has 0 N–H and O–H groups in total. The molecule has 2 aliphatic carbocycles. The molecule has 1 unspecified atom stereocenters. The Balaban J connectivity index is 1.75. The highest BCUT2D eigenvalue weighted by Gasteiger charge is 2.29. The van der Waals surface area contributed by atoms with Crippen LogP contribution >= 0.6 is 0 Å². The molecule has 0 aliphatic heterocycles. The second-order valence-corrected chi connectivity index (χ2v) is 7.06. The number of allylic oxidation sites excluding steroid dienone is 7. The van der Waals surface area contributed by atoms with E-state index in [0.29, 0.717) is 5.92 Å². The summed E-state index contributed by atoms with van der Waals surface area (Å²) in [6.45, 7) is 2.33. The highest BCUT2D eigenvalue weighted by Crippen LogP contribution is 2.46. The van der Waals surface area contributed by atoms with Crippen molar-refractivity contribution >= 4 is 11.6 Å². The van der Waals surface area contributed by atoms with E-state index in [-0.39, 0.29) is 0 Å². The Morgan fingerprint density at radius 3 is 2.16 bits per heavy atom. The topological polar surface area (TPSA) is 0 Å². The predicted octanol–water partition coefficient (Wildman–Crippen LogP) is 6.84. The van der Waals surface area contributed by atoms with Crippen LogP contribution in [0.1, 0.15) is 37.3 Å². The van der Waals surface area contributed by atoms with Crippen molar-refractivity contribution in [1.29, 1.82) is 0 Å². The molecule has 2 fully saturated rings. The highest BCUT2D eigenvalue weighted by molar-refractivity contribution is 5.87. The zero-order chi connectivity index (χ0) is 17.1. The smallest absolute Gasteiger partial charge is 0.0116 e. The van der Waals surface area contributed by atoms with E-state index >= 15 is 0 Å². The molecule has 0 heteroatoms. The van der Waals surface area contributed by atoms with Gasteiger partial charge in [-0.1, -0.05) is 103 Å². The third-order valence-corrected chi connectivity index (χ3v) is 4.93.